The molecule has 0 atom stereocenters. The summed E-state index contributed by atoms with van der Waals surface area (Å²) in [5.41, 5.74) is -2.41. The number of alkyl halides is 2. The second-order valence-corrected chi connectivity index (χ2v) is 5.01. The van der Waals surface area contributed by atoms with Gasteiger partial charge in [-0.25, -0.2) is 0 Å². The van der Waals surface area contributed by atoms with Gasteiger partial charge in [-0.15, -0.1) is 0 Å². The molecule has 0 aromatic rings. The van der Waals surface area contributed by atoms with Crippen LogP contribution in [0, 0.1) is 0 Å². The van der Waals surface area contributed by atoms with Crippen LogP contribution in [-0.4, -0.2) is 23.5 Å². The van der Waals surface area contributed by atoms with Gasteiger partial charge in [0.25, 0.3) is 0 Å². The first-order valence-electron chi connectivity index (χ1n) is 6.46. The van der Waals surface area contributed by atoms with E-state index in [1.807, 2.05) is 0 Å². The van der Waals surface area contributed by atoms with Gasteiger partial charge in [0.1, 0.15) is 5.97 Å². The molecule has 0 N–H and O–H groups in total. The van der Waals surface area contributed by atoms with E-state index >= 15 is 0 Å². The second kappa shape index (κ2) is 7.40. The molecule has 0 rings (SSSR count). The third-order valence-electron chi connectivity index (χ3n) is 2.87. The zero-order valence-corrected chi connectivity index (χ0v) is 11.6. The first kappa shape index (κ1) is 17.8. The minimum Gasteiger partial charge on any atom is -0.544 e. The molecule has 0 aliphatic rings. The van der Waals surface area contributed by atoms with Crippen LogP contribution in [-0.2, 0) is 14.3 Å². The normalized spacial score (nSPS) is 12.3. The van der Waals surface area contributed by atoms with Crippen molar-refractivity contribution in [3.63, 3.8) is 0 Å². The minimum absolute atomic E-state index is 0.0102. The fourth-order valence-electron chi connectivity index (χ4n) is 1.52. The molecular formula is C13H21F2O4-. The summed E-state index contributed by atoms with van der Waals surface area (Å²) in [5.74, 6) is -7.58. The number of carboxylic acid groups (broad SMARTS) is 1. The Balaban J connectivity index is 4.21. The monoisotopic (exact) mass is 279 g/mol. The summed E-state index contributed by atoms with van der Waals surface area (Å²) in [6, 6.07) is 0. The number of unbranched alkanes of at least 4 members (excludes halogenated alkanes) is 4. The average molecular weight is 279 g/mol. The molecule has 19 heavy (non-hydrogen) atoms. The molecular weight excluding hydrogens is 258 g/mol. The average Bonchev–Trinajstić information content (AvgIpc) is 2.27. The summed E-state index contributed by atoms with van der Waals surface area (Å²) in [5, 5.41) is 10.3. The molecule has 112 valence electrons. The van der Waals surface area contributed by atoms with Crippen LogP contribution in [0.3, 0.4) is 0 Å². The highest BCUT2D eigenvalue weighted by Crippen LogP contribution is 2.31. The fraction of sp³-hybridized carbons (Fsp3) is 0.846. The predicted molar refractivity (Wildman–Crippen MR) is 63.5 cm³/mol. The van der Waals surface area contributed by atoms with Gasteiger partial charge in [0.15, 0.2) is 5.60 Å². The molecule has 0 saturated heterocycles. The number of esters is 1. The smallest absolute Gasteiger partial charge is 0.325 e. The van der Waals surface area contributed by atoms with Crippen molar-refractivity contribution in [2.45, 2.75) is 70.8 Å². The van der Waals surface area contributed by atoms with Crippen molar-refractivity contribution in [2.24, 2.45) is 0 Å². The molecule has 0 aliphatic heterocycles. The lowest BCUT2D eigenvalue weighted by atomic mass is 10.0. The van der Waals surface area contributed by atoms with Crippen molar-refractivity contribution >= 4 is 11.9 Å². The Labute approximate surface area is 112 Å². The number of ether oxygens (including phenoxy) is 1. The Hall–Kier alpha value is -1.20. The van der Waals surface area contributed by atoms with Gasteiger partial charge in [-0.05, 0) is 20.3 Å². The second-order valence-electron chi connectivity index (χ2n) is 5.01. The number of hydrogen-bond donors (Lipinski definition) is 0. The lowest BCUT2D eigenvalue weighted by Gasteiger charge is -2.33. The SMILES string of the molecule is CCCCCCCC(=O)OC(C)(C)C(F)(F)C(=O)[O-]. The minimum atomic E-state index is -4.22. The van der Waals surface area contributed by atoms with Gasteiger partial charge in [-0.2, -0.15) is 8.78 Å². The number of aliphatic carboxylic acids is 1. The maximum absolute atomic E-state index is 13.2. The van der Waals surface area contributed by atoms with Crippen LogP contribution in [0.1, 0.15) is 59.3 Å². The number of rotatable bonds is 9. The van der Waals surface area contributed by atoms with E-state index in [9.17, 15) is 23.5 Å². The number of carbonyl (C=O) groups excluding carboxylic acids is 2. The standard InChI is InChI=1S/C13H22F2O4/c1-4-5-6-7-8-9-10(16)19-12(2,3)13(14,15)11(17)18/h4-9H2,1-3H3,(H,17,18)/p-1. The molecule has 6 heteroatoms. The number of halogens is 2. The van der Waals surface area contributed by atoms with Crippen LogP contribution < -0.4 is 5.11 Å². The van der Waals surface area contributed by atoms with E-state index in [1.54, 1.807) is 0 Å². The Kier molecular flexibility index (Phi) is 6.94. The molecule has 0 amide bonds. The van der Waals surface area contributed by atoms with Gasteiger partial charge in [0, 0.05) is 6.42 Å². The van der Waals surface area contributed by atoms with E-state index in [1.165, 1.54) is 0 Å². The maximum Gasteiger partial charge on any atom is 0.325 e. The maximum atomic E-state index is 13.2. The van der Waals surface area contributed by atoms with E-state index in [2.05, 4.69) is 11.7 Å². The summed E-state index contributed by atoms with van der Waals surface area (Å²) in [6.45, 7) is 3.77. The van der Waals surface area contributed by atoms with Gasteiger partial charge in [-0.1, -0.05) is 32.6 Å². The summed E-state index contributed by atoms with van der Waals surface area (Å²) >= 11 is 0. The number of carbonyl (C=O) groups is 2. The summed E-state index contributed by atoms with van der Waals surface area (Å²) < 4.78 is 31.0. The van der Waals surface area contributed by atoms with Crippen LogP contribution in [0.15, 0.2) is 0 Å². The Morgan fingerprint density at radius 1 is 1.11 bits per heavy atom. The zero-order valence-electron chi connectivity index (χ0n) is 11.6. The van der Waals surface area contributed by atoms with Crippen molar-refractivity contribution in [3.05, 3.63) is 0 Å². The summed E-state index contributed by atoms with van der Waals surface area (Å²) in [6.07, 6.45) is 4.48. The van der Waals surface area contributed by atoms with Gasteiger partial charge >= 0.3 is 11.9 Å². The van der Waals surface area contributed by atoms with Crippen molar-refractivity contribution in [1.82, 2.24) is 0 Å². The molecule has 0 radical (unpaired) electrons. The van der Waals surface area contributed by atoms with E-state index in [0.717, 1.165) is 39.5 Å². The summed E-state index contributed by atoms with van der Waals surface area (Å²) in [7, 11) is 0. The third-order valence-corrected chi connectivity index (χ3v) is 2.87. The molecule has 0 saturated carbocycles. The molecule has 0 aliphatic carbocycles. The molecule has 0 fully saturated rings. The van der Waals surface area contributed by atoms with Crippen LogP contribution in [0.25, 0.3) is 0 Å². The van der Waals surface area contributed by atoms with E-state index in [-0.39, 0.29) is 6.42 Å². The predicted octanol–water partition coefficient (Wildman–Crippen LogP) is 2.05. The highest BCUT2D eigenvalue weighted by Gasteiger charge is 2.51. The Bertz CT molecular complexity index is 314. The summed E-state index contributed by atoms with van der Waals surface area (Å²) in [4.78, 5) is 21.7. The molecule has 0 unspecified atom stereocenters. The zero-order chi connectivity index (χ0) is 15.1. The Morgan fingerprint density at radius 3 is 2.11 bits per heavy atom. The highest BCUT2D eigenvalue weighted by molar-refractivity contribution is 5.76. The number of carboxylic acids is 1. The lowest BCUT2D eigenvalue weighted by Crippen LogP contribution is -2.57. The first-order valence-corrected chi connectivity index (χ1v) is 6.46. The molecule has 0 bridgehead atoms. The van der Waals surface area contributed by atoms with Gasteiger partial charge in [-0.3, -0.25) is 4.79 Å². The van der Waals surface area contributed by atoms with Gasteiger partial charge in [0.2, 0.25) is 0 Å². The molecule has 0 spiro atoms. The van der Waals surface area contributed by atoms with Crippen molar-refractivity contribution in [2.75, 3.05) is 0 Å². The third kappa shape index (κ3) is 5.53. The van der Waals surface area contributed by atoms with Gasteiger partial charge < -0.3 is 14.6 Å². The topological polar surface area (TPSA) is 66.4 Å². The van der Waals surface area contributed by atoms with Crippen LogP contribution in [0.4, 0.5) is 8.78 Å². The Morgan fingerprint density at radius 2 is 1.63 bits per heavy atom. The quantitative estimate of drug-likeness (QED) is 0.478. The van der Waals surface area contributed by atoms with Crippen LogP contribution in [0.2, 0.25) is 0 Å². The highest BCUT2D eigenvalue weighted by atomic mass is 19.3. The van der Waals surface area contributed by atoms with E-state index < -0.39 is 23.5 Å². The van der Waals surface area contributed by atoms with Crippen LogP contribution in [0.5, 0.6) is 0 Å². The molecule has 0 aromatic heterocycles. The largest absolute Gasteiger partial charge is 0.544 e. The lowest BCUT2D eigenvalue weighted by molar-refractivity contribution is -0.342. The van der Waals surface area contributed by atoms with Gasteiger partial charge in [0.05, 0.1) is 0 Å². The fourth-order valence-corrected chi connectivity index (χ4v) is 1.52. The molecule has 0 heterocycles. The molecule has 0 aromatic carbocycles. The first-order chi connectivity index (χ1) is 8.65. The van der Waals surface area contributed by atoms with Crippen molar-refractivity contribution in [3.8, 4) is 0 Å². The van der Waals surface area contributed by atoms with E-state index in [0.29, 0.717) is 6.42 Å². The van der Waals surface area contributed by atoms with Crippen LogP contribution >= 0.6 is 0 Å². The van der Waals surface area contributed by atoms with Crippen molar-refractivity contribution in [1.29, 1.82) is 0 Å². The van der Waals surface area contributed by atoms with Crippen molar-refractivity contribution < 1.29 is 28.2 Å². The van der Waals surface area contributed by atoms with E-state index in [4.69, 9.17) is 0 Å². The molecule has 4 nitrogen and oxygen atoms in total. The number of hydrogen-bond acceptors (Lipinski definition) is 4.